The first kappa shape index (κ1) is 112. The molecule has 15 heterocycles. The van der Waals surface area contributed by atoms with Gasteiger partial charge in [0.05, 0.1) is 67.4 Å². The summed E-state index contributed by atoms with van der Waals surface area (Å²) in [5, 5.41) is 26.0. The Hall–Kier alpha value is -9.46. The number of nitrogens with one attached hydrogen (secondary N) is 8. The summed E-state index contributed by atoms with van der Waals surface area (Å²) in [6.45, 7) is 12.1. The van der Waals surface area contributed by atoms with Crippen molar-refractivity contribution in [2.45, 2.75) is 216 Å². The maximum atomic E-state index is 12.4. The van der Waals surface area contributed by atoms with Gasteiger partial charge in [0.15, 0.2) is 11.6 Å². The fourth-order valence-corrected chi connectivity index (χ4v) is 22.0. The predicted octanol–water partition coefficient (Wildman–Crippen LogP) is -6.14. The number of ketones is 3. The molecule has 15 aliphatic heterocycles. The number of hydrogen-bond acceptors (Lipinski definition) is 37. The zero-order valence-electron chi connectivity index (χ0n) is 75.4. The fourth-order valence-electron chi connectivity index (χ4n) is 18.1. The van der Waals surface area contributed by atoms with E-state index in [1.54, 1.807) is 20.8 Å². The number of amides is 18. The van der Waals surface area contributed by atoms with Gasteiger partial charge in [-0.05, 0) is 160 Å². The molecule has 0 aromatic heterocycles. The Morgan fingerprint density at radius 3 is 0.820 bits per heavy atom. The number of urea groups is 6. The molecule has 12 bridgehead atoms. The second kappa shape index (κ2) is 46.7. The van der Waals surface area contributed by atoms with Crippen molar-refractivity contribution in [1.29, 1.82) is 0 Å². The summed E-state index contributed by atoms with van der Waals surface area (Å²) in [6.07, 6.45) is 8.80. The molecule has 61 nitrogen and oxygen atoms in total. The number of hydroxylamine groups is 12. The van der Waals surface area contributed by atoms with Crippen molar-refractivity contribution >= 4 is 161 Å². The topological polar surface area (TPSA) is 807 Å². The van der Waals surface area contributed by atoms with Crippen molar-refractivity contribution in [3.8, 4) is 0 Å². The zero-order valence-corrected chi connectivity index (χ0v) is 81.1. The molecule has 68 heteroatoms. The van der Waals surface area contributed by atoms with Crippen LogP contribution in [0.15, 0.2) is 0 Å². The first-order valence-electron chi connectivity index (χ1n) is 44.2. The smallest absolute Gasteiger partial charge is 0.354 e. The molecule has 15 fully saturated rings. The second-order valence-corrected chi connectivity index (χ2v) is 43.7. The van der Waals surface area contributed by atoms with Gasteiger partial charge in [-0.25, -0.2) is 37.2 Å². The largest absolute Gasteiger partial charge is 0.418 e. The zero-order chi connectivity index (χ0) is 103. The number of rotatable bonds is 32. The highest BCUT2D eigenvalue weighted by Crippen LogP contribution is 2.38. The standard InChI is InChI=1S/C13H22N4O6S.C13H21N3O8S2.C12H20N4O6S.C12H19N3O7S.C11H17N3O7S.C10H15N3O7S/c18-12(15-7-9-2-1-5-14-6-9)11-4-3-10-8-16(11)13(19)17(10)23-24(20,21)22;17-12(14-7-9-3-5-25(19,20)6-4-9)11-2-1-10-8-15(11)13(18)16(10)24-26(21,22)23;17-11(14-6-8-3-4-13-5-8)10-2-1-9-7-15(10)12(18)16(9)22-23(19,20)21;1-7(2)10(16)5-13-11(17)9-4-3-8-6-14(9)12(18)15(8)22-23(19,20)21;1-2-8(15)5-12-10(16)9-4-3-7-6-13(9)11(17)14(7)21-22(18,19)20;1-6(14)4-11-9(15)8-3-2-7-5-12(8)10(16)13(7)20-21(17,18)19/h9-11,14H,1-8H2,(H,15,18)(H,20,21,22);9-11H,1-8H2,(H,14,17)(H,21,22,23);8-10,13H,1-7H2,(H,14,17)(H,19,20,21);7-9H,3-6H2,1-2H3,(H,13,17)(H,19,20,21);7,9H,2-6H2,1H3,(H,12,16)(H,18,19,20);7-8H,2-5H2,1H3,(H,11,15)(H,17,18,19)/t9?,10-,11+;10-,11+;8?,9-,10+;8-,9+;7-,9+;7-,8+/m111111/s1. The molecule has 18 amide bonds. The highest BCUT2D eigenvalue weighted by molar-refractivity contribution is 7.91. The Bertz CT molecular complexity index is 5460. The first-order valence-corrected chi connectivity index (χ1v) is 54.2. The van der Waals surface area contributed by atoms with Gasteiger partial charge in [0, 0.05) is 71.2 Å². The molecule has 2 unspecified atom stereocenters. The van der Waals surface area contributed by atoms with Gasteiger partial charge in [-0.2, -0.15) is 80.9 Å². The average molecular weight is 2130 g/mol. The van der Waals surface area contributed by atoms with E-state index in [0.717, 1.165) is 50.3 Å². The molecule has 0 aromatic rings. The van der Waals surface area contributed by atoms with Gasteiger partial charge in [0.25, 0.3) is 0 Å². The van der Waals surface area contributed by atoms with Crippen LogP contribution in [0.1, 0.15) is 143 Å². The van der Waals surface area contributed by atoms with Crippen LogP contribution in [0, 0.1) is 23.7 Å². The molecule has 0 spiro atoms. The molecule has 14 N–H and O–H groups in total. The van der Waals surface area contributed by atoms with Gasteiger partial charge in [0.2, 0.25) is 35.4 Å². The van der Waals surface area contributed by atoms with Gasteiger partial charge in [-0.3, -0.25) is 70.5 Å². The van der Waals surface area contributed by atoms with E-state index in [-0.39, 0.29) is 117 Å². The van der Waals surface area contributed by atoms with Crippen LogP contribution < -0.4 is 42.5 Å². The number of piperidine rings is 7. The second-order valence-electron chi connectivity index (χ2n) is 35.3. The van der Waals surface area contributed by atoms with Gasteiger partial charge >= 0.3 is 98.6 Å². The summed E-state index contributed by atoms with van der Waals surface area (Å²) in [6, 6.07) is -12.2. The molecule has 139 heavy (non-hydrogen) atoms. The number of carbonyl (C=O) groups is 15. The van der Waals surface area contributed by atoms with Gasteiger partial charge in [0.1, 0.15) is 51.9 Å². The van der Waals surface area contributed by atoms with Crippen molar-refractivity contribution in [3.63, 3.8) is 0 Å². The third kappa shape index (κ3) is 31.0. The summed E-state index contributed by atoms with van der Waals surface area (Å²) in [4.78, 5) is 187. The van der Waals surface area contributed by atoms with E-state index in [4.69, 9.17) is 27.3 Å². The number of hydrogen-bond donors (Lipinski definition) is 14. The minimum atomic E-state index is -4.82. The lowest BCUT2D eigenvalue weighted by Crippen LogP contribution is -2.51. The van der Waals surface area contributed by atoms with E-state index in [1.807, 2.05) is 0 Å². The maximum Gasteiger partial charge on any atom is 0.418 e. The summed E-state index contributed by atoms with van der Waals surface area (Å²) in [5.41, 5.74) is 0. The van der Waals surface area contributed by atoms with Crippen LogP contribution in [-0.2, 0) is 141 Å². The quantitative estimate of drug-likeness (QED) is 0.0279. The predicted molar refractivity (Wildman–Crippen MR) is 462 cm³/mol. The van der Waals surface area contributed by atoms with Crippen molar-refractivity contribution in [3.05, 3.63) is 0 Å². The van der Waals surface area contributed by atoms with Crippen LogP contribution in [0.2, 0.25) is 0 Å². The van der Waals surface area contributed by atoms with Crippen LogP contribution in [0.25, 0.3) is 0 Å². The lowest BCUT2D eigenvalue weighted by Gasteiger charge is -2.30. The highest BCUT2D eigenvalue weighted by Gasteiger charge is 2.56. The number of fused-ring (bicyclic) bond motifs is 12. The van der Waals surface area contributed by atoms with E-state index in [0.29, 0.717) is 158 Å². The third-order valence-corrected chi connectivity index (χ3v) is 29.0. The Morgan fingerprint density at radius 1 is 0.345 bits per heavy atom. The average Bonchev–Trinajstić information content (AvgIpc) is 1.65. The molecular formula is C71H114N20O41S7. The highest BCUT2D eigenvalue weighted by atomic mass is 32.3. The lowest BCUT2D eigenvalue weighted by atomic mass is 9.98. The number of nitrogens with zero attached hydrogens (tertiary/aromatic N) is 12. The Balaban J connectivity index is 0.000000172. The third-order valence-electron chi connectivity index (χ3n) is 25.2. The Kier molecular flexibility index (Phi) is 37.5. The molecule has 15 aliphatic rings. The normalized spacial score (nSPS) is 27.5. The monoisotopic (exact) mass is 2130 g/mol. The van der Waals surface area contributed by atoms with Crippen LogP contribution in [0.4, 0.5) is 28.8 Å². The van der Waals surface area contributed by atoms with Crippen molar-refractivity contribution in [2.75, 3.05) is 116 Å². The molecule has 0 aliphatic carbocycles. The Labute approximate surface area is 798 Å². The van der Waals surface area contributed by atoms with Crippen LogP contribution in [-0.4, -0.2) is 424 Å². The van der Waals surface area contributed by atoms with Crippen LogP contribution in [0.5, 0.6) is 0 Å². The SMILES string of the molecule is CC(=O)CNC(=O)[C@@H]1CC[C@@H]2CN1C(=O)N2OS(=O)(=O)O.CC(C)C(=O)CNC(=O)[C@@H]1CC[C@@H]2CN1C(=O)N2OS(=O)(=O)O.CCC(=O)CNC(=O)[C@@H]1CC[C@@H]2CN1C(=O)N2OS(=O)(=O)O.O=C(NCC1CCCNC1)[C@@H]1CC[C@@H]2CN1C(=O)N2OS(=O)(=O)O.O=C(NCC1CCNC1)[C@@H]1CC[C@@H]2CN1C(=O)N2OS(=O)(=O)O.O=C(NCC1CCS(=O)(=O)CC1)[C@@H]1CC[C@@H]2CN1C(=O)N2OS(=O)(=O)O. The summed E-state index contributed by atoms with van der Waals surface area (Å²) in [5.74, 6) is -1.87. The van der Waals surface area contributed by atoms with E-state index in [1.165, 1.54) is 31.4 Å². The molecule has 0 radical (unpaired) electrons. The van der Waals surface area contributed by atoms with E-state index in [9.17, 15) is 131 Å². The van der Waals surface area contributed by atoms with Gasteiger partial charge in [-0.15, -0.1) is 25.7 Å². The summed E-state index contributed by atoms with van der Waals surface area (Å²) in [7, 11) is -31.8. The molecule has 786 valence electrons. The molecule has 15 rings (SSSR count). The summed E-state index contributed by atoms with van der Waals surface area (Å²) >= 11 is 0. The number of sulfone groups is 1. The Morgan fingerprint density at radius 2 is 0.590 bits per heavy atom. The molecular weight excluding hydrogens is 2010 g/mol. The van der Waals surface area contributed by atoms with Crippen molar-refractivity contribution in [2.24, 2.45) is 23.7 Å². The summed E-state index contributed by atoms with van der Waals surface area (Å²) < 4.78 is 230. The molecule has 15 saturated heterocycles. The van der Waals surface area contributed by atoms with Crippen LogP contribution in [0.3, 0.4) is 0 Å². The molecule has 14 atom stereocenters. The van der Waals surface area contributed by atoms with Crippen LogP contribution >= 0.6 is 0 Å². The van der Waals surface area contributed by atoms with Crippen molar-refractivity contribution in [1.82, 2.24) is 102 Å². The number of carbonyl (C=O) groups excluding carboxylic acids is 15. The minimum absolute atomic E-state index is 0.0763. The van der Waals surface area contributed by atoms with Gasteiger partial charge in [-0.1, -0.05) is 20.8 Å². The molecule has 0 aromatic carbocycles. The lowest BCUT2D eigenvalue weighted by molar-refractivity contribution is -0.129. The van der Waals surface area contributed by atoms with Crippen molar-refractivity contribution < 1.29 is 184 Å². The number of Topliss-reactive ketones (excluding diaryl/α,β-unsaturated/α-hetero) is 3. The maximum absolute atomic E-state index is 12.4. The first-order chi connectivity index (χ1) is 64.8. The van der Waals surface area contributed by atoms with E-state index in [2.05, 4.69) is 68.2 Å². The fraction of sp³-hybridized carbons (Fsp3) is 0.789. The molecule has 0 saturated carbocycles. The minimum Gasteiger partial charge on any atom is -0.354 e. The van der Waals surface area contributed by atoms with E-state index < -0.39 is 199 Å². The van der Waals surface area contributed by atoms with Gasteiger partial charge < -0.3 is 71.9 Å². The van der Waals surface area contributed by atoms with E-state index >= 15 is 0 Å².